The Morgan fingerprint density at radius 1 is 1.29 bits per heavy atom. The molecule has 1 amide bonds. The maximum absolute atomic E-state index is 12.5. The molecule has 1 rings (SSSR count). The van der Waals surface area contributed by atoms with E-state index < -0.39 is 0 Å². The van der Waals surface area contributed by atoms with E-state index in [1.807, 2.05) is 21.0 Å². The van der Waals surface area contributed by atoms with E-state index in [9.17, 15) is 4.79 Å². The van der Waals surface area contributed by atoms with E-state index >= 15 is 0 Å². The summed E-state index contributed by atoms with van der Waals surface area (Å²) in [5.41, 5.74) is 0.869. The summed E-state index contributed by atoms with van der Waals surface area (Å²) in [6.45, 7) is 9.31. The van der Waals surface area contributed by atoms with Crippen molar-refractivity contribution in [3.8, 4) is 0 Å². The zero-order valence-corrected chi connectivity index (χ0v) is 14.1. The zero-order valence-electron chi connectivity index (χ0n) is 14.1. The molecule has 0 bridgehead atoms. The van der Waals surface area contributed by atoms with Gasteiger partial charge in [0.2, 0.25) is 5.91 Å². The van der Waals surface area contributed by atoms with Crippen LogP contribution >= 0.6 is 0 Å². The second-order valence-electron chi connectivity index (χ2n) is 6.91. The lowest BCUT2D eigenvalue weighted by Crippen LogP contribution is -2.46. The molecule has 1 aromatic heterocycles. The average molecular weight is 292 g/mol. The molecule has 0 aromatic carbocycles. The monoisotopic (exact) mass is 292 g/mol. The Bertz CT molecular complexity index is 439. The van der Waals surface area contributed by atoms with Gasteiger partial charge in [0.1, 0.15) is 6.33 Å². The van der Waals surface area contributed by atoms with Crippen molar-refractivity contribution in [1.29, 1.82) is 0 Å². The lowest BCUT2D eigenvalue weighted by molar-refractivity contribution is -0.123. The van der Waals surface area contributed by atoms with Crippen molar-refractivity contribution in [2.24, 2.45) is 5.41 Å². The fraction of sp³-hybridized carbons (Fsp3) is 0.688. The Morgan fingerprint density at radius 3 is 2.33 bits per heavy atom. The van der Waals surface area contributed by atoms with Crippen molar-refractivity contribution >= 4 is 5.91 Å². The molecule has 21 heavy (non-hydrogen) atoms. The van der Waals surface area contributed by atoms with Gasteiger partial charge in [-0.25, -0.2) is 9.97 Å². The molecule has 0 fully saturated rings. The number of rotatable bonds is 6. The van der Waals surface area contributed by atoms with Crippen LogP contribution in [0.4, 0.5) is 0 Å². The van der Waals surface area contributed by atoms with E-state index in [0.717, 1.165) is 18.5 Å². The molecule has 0 aliphatic rings. The van der Waals surface area contributed by atoms with Crippen molar-refractivity contribution in [3.05, 3.63) is 24.3 Å². The van der Waals surface area contributed by atoms with E-state index in [1.54, 1.807) is 12.4 Å². The number of nitrogens with one attached hydrogen (secondary N) is 1. The largest absolute Gasteiger partial charge is 0.352 e. The molecule has 1 aromatic rings. The molecule has 0 aliphatic heterocycles. The smallest absolute Gasteiger partial charge is 0.227 e. The Labute approximate surface area is 128 Å². The molecule has 0 spiro atoms. The minimum absolute atomic E-state index is 0.0264. The summed E-state index contributed by atoms with van der Waals surface area (Å²) in [6.07, 6.45) is 5.80. The first kappa shape index (κ1) is 17.6. The van der Waals surface area contributed by atoms with Crippen LogP contribution in [-0.2, 0) is 4.79 Å². The van der Waals surface area contributed by atoms with Gasteiger partial charge in [0.15, 0.2) is 0 Å². The number of hydrogen-bond donors (Lipinski definition) is 1. The third kappa shape index (κ3) is 5.79. The molecule has 118 valence electrons. The van der Waals surface area contributed by atoms with Crippen molar-refractivity contribution < 1.29 is 4.79 Å². The van der Waals surface area contributed by atoms with E-state index in [0.29, 0.717) is 0 Å². The van der Waals surface area contributed by atoms with Crippen molar-refractivity contribution in [3.63, 3.8) is 0 Å². The van der Waals surface area contributed by atoms with Gasteiger partial charge in [-0.15, -0.1) is 0 Å². The number of aromatic nitrogens is 2. The Kier molecular flexibility index (Phi) is 6.27. The minimum Gasteiger partial charge on any atom is -0.352 e. The molecule has 5 nitrogen and oxygen atoms in total. The molecule has 0 saturated carbocycles. The summed E-state index contributed by atoms with van der Waals surface area (Å²) >= 11 is 0. The Morgan fingerprint density at radius 2 is 1.86 bits per heavy atom. The summed E-state index contributed by atoms with van der Waals surface area (Å²) < 4.78 is 0. The number of carbonyl (C=O) groups excluding carboxylic acids is 1. The van der Waals surface area contributed by atoms with Crippen LogP contribution in [0.15, 0.2) is 18.7 Å². The molecule has 0 radical (unpaired) electrons. The van der Waals surface area contributed by atoms with Gasteiger partial charge in [-0.05, 0) is 39.4 Å². The lowest BCUT2D eigenvalue weighted by atomic mass is 9.84. The summed E-state index contributed by atoms with van der Waals surface area (Å²) in [4.78, 5) is 22.6. The van der Waals surface area contributed by atoms with Gasteiger partial charge in [-0.3, -0.25) is 4.79 Å². The van der Waals surface area contributed by atoms with Gasteiger partial charge < -0.3 is 10.2 Å². The minimum atomic E-state index is -0.240. The lowest BCUT2D eigenvalue weighted by Gasteiger charge is -2.33. The van der Waals surface area contributed by atoms with Gasteiger partial charge in [-0.2, -0.15) is 0 Å². The molecule has 5 heteroatoms. The number of amides is 1. The number of nitrogens with zero attached hydrogens (tertiary/aromatic N) is 3. The van der Waals surface area contributed by atoms with Gasteiger partial charge >= 0.3 is 0 Å². The maximum atomic E-state index is 12.5. The quantitative estimate of drug-likeness (QED) is 0.872. The van der Waals surface area contributed by atoms with Crippen LogP contribution in [0.25, 0.3) is 0 Å². The zero-order chi connectivity index (χ0) is 16.0. The van der Waals surface area contributed by atoms with Crippen LogP contribution in [-0.4, -0.2) is 47.5 Å². The Hall–Kier alpha value is -1.49. The molecule has 0 aliphatic carbocycles. The predicted octanol–water partition coefficient (Wildman–Crippen LogP) is 2.06. The van der Waals surface area contributed by atoms with Gasteiger partial charge in [0.05, 0.1) is 5.92 Å². The predicted molar refractivity (Wildman–Crippen MR) is 85.0 cm³/mol. The van der Waals surface area contributed by atoms with Crippen LogP contribution in [0.1, 0.15) is 45.6 Å². The van der Waals surface area contributed by atoms with Gasteiger partial charge in [0.25, 0.3) is 0 Å². The standard InChI is InChI=1S/C16H28N4O/c1-12(13-9-17-11-18-10-13)15(21)19-14(16(2,3)4)7-8-20(5)6/h9-12,14H,7-8H2,1-6H3,(H,19,21). The second kappa shape index (κ2) is 7.50. The number of carbonyl (C=O) groups is 1. The van der Waals surface area contributed by atoms with E-state index in [-0.39, 0.29) is 23.3 Å². The fourth-order valence-corrected chi connectivity index (χ4v) is 2.09. The van der Waals surface area contributed by atoms with Crippen LogP contribution in [0, 0.1) is 5.41 Å². The van der Waals surface area contributed by atoms with E-state index in [1.165, 1.54) is 6.33 Å². The highest BCUT2D eigenvalue weighted by molar-refractivity contribution is 5.83. The van der Waals surface area contributed by atoms with E-state index in [4.69, 9.17) is 0 Å². The summed E-state index contributed by atoms with van der Waals surface area (Å²) in [5, 5.41) is 3.19. The fourth-order valence-electron chi connectivity index (χ4n) is 2.09. The van der Waals surface area contributed by atoms with Gasteiger partial charge in [0, 0.05) is 24.0 Å². The van der Waals surface area contributed by atoms with Crippen LogP contribution in [0.2, 0.25) is 0 Å². The van der Waals surface area contributed by atoms with Crippen LogP contribution in [0.3, 0.4) is 0 Å². The third-order valence-electron chi connectivity index (χ3n) is 3.70. The van der Waals surface area contributed by atoms with Crippen LogP contribution in [0.5, 0.6) is 0 Å². The molecule has 0 saturated heterocycles. The van der Waals surface area contributed by atoms with Crippen molar-refractivity contribution in [1.82, 2.24) is 20.2 Å². The second-order valence-corrected chi connectivity index (χ2v) is 6.91. The van der Waals surface area contributed by atoms with Crippen molar-refractivity contribution in [2.45, 2.75) is 46.1 Å². The molecular formula is C16H28N4O. The molecular weight excluding hydrogens is 264 g/mol. The van der Waals surface area contributed by atoms with E-state index in [2.05, 4.69) is 41.0 Å². The number of hydrogen-bond acceptors (Lipinski definition) is 4. The highest BCUT2D eigenvalue weighted by Gasteiger charge is 2.28. The molecule has 2 atom stereocenters. The average Bonchev–Trinajstić information content (AvgIpc) is 2.41. The highest BCUT2D eigenvalue weighted by Crippen LogP contribution is 2.23. The first-order chi connectivity index (χ1) is 9.71. The summed E-state index contributed by atoms with van der Waals surface area (Å²) in [6, 6.07) is 0.138. The molecule has 2 unspecified atom stereocenters. The van der Waals surface area contributed by atoms with Crippen molar-refractivity contribution in [2.75, 3.05) is 20.6 Å². The Balaban J connectivity index is 2.71. The van der Waals surface area contributed by atoms with Gasteiger partial charge in [-0.1, -0.05) is 20.8 Å². The van der Waals surface area contributed by atoms with Crippen LogP contribution < -0.4 is 5.32 Å². The highest BCUT2D eigenvalue weighted by atomic mass is 16.1. The first-order valence-electron chi connectivity index (χ1n) is 7.42. The summed E-state index contributed by atoms with van der Waals surface area (Å²) in [5.74, 6) is -0.209. The first-order valence-corrected chi connectivity index (χ1v) is 7.42. The topological polar surface area (TPSA) is 58.1 Å². The summed E-state index contributed by atoms with van der Waals surface area (Å²) in [7, 11) is 4.09. The maximum Gasteiger partial charge on any atom is 0.227 e. The third-order valence-corrected chi connectivity index (χ3v) is 3.70. The SMILES string of the molecule is CC(C(=O)NC(CCN(C)C)C(C)(C)C)c1cncnc1. The molecule has 1 N–H and O–H groups in total. The normalized spacial score (nSPS) is 14.8. The molecule has 1 heterocycles.